The molecule has 7 aromatic rings. The highest BCUT2D eigenvalue weighted by atomic mass is 16.8. The number of carboxylic acids is 1. The van der Waals surface area contributed by atoms with Crippen molar-refractivity contribution in [3.05, 3.63) is 251 Å². The zero-order chi connectivity index (χ0) is 68.5. The molecule has 0 aromatic heterocycles. The van der Waals surface area contributed by atoms with Gasteiger partial charge in [0.2, 0.25) is 0 Å². The van der Waals surface area contributed by atoms with Crippen molar-refractivity contribution in [1.82, 2.24) is 0 Å². The maximum atomic E-state index is 15.0. The van der Waals surface area contributed by atoms with E-state index in [4.69, 9.17) is 66.3 Å². The molecule has 0 amide bonds. The first-order chi connectivity index (χ1) is 46.9. The summed E-state index contributed by atoms with van der Waals surface area (Å²) in [4.78, 5) is 141. The molecule has 0 bridgehead atoms. The van der Waals surface area contributed by atoms with Crippen molar-refractivity contribution in [2.45, 2.75) is 106 Å². The Morgan fingerprint density at radius 3 is 0.897 bits per heavy atom. The van der Waals surface area contributed by atoms with Crippen molar-refractivity contribution in [3.63, 3.8) is 0 Å². The van der Waals surface area contributed by atoms with Gasteiger partial charge in [-0.25, -0.2) is 38.4 Å². The maximum Gasteiger partial charge on any atom is 0.338 e. The number of rotatable bonds is 23. The molecule has 26 heteroatoms. The molecule has 26 nitrogen and oxygen atoms in total. The number of hydrogen-bond acceptors (Lipinski definition) is 25. The summed E-state index contributed by atoms with van der Waals surface area (Å²) in [5, 5.41) is 22.0. The van der Waals surface area contributed by atoms with Crippen LogP contribution in [-0.4, -0.2) is 175 Å². The van der Waals surface area contributed by atoms with Crippen molar-refractivity contribution >= 4 is 59.7 Å². The standard InChI is InChI=1S/C71H62O26/c1-40(72)86-55-56(58(87-41(2)73)69(83)93-57(55)61(74)75)97-71-60(95-68(82)48-36-22-9-23-37-48)54(92-66(80)46-32-18-7-19-33-46)52(50(89-71)39-85-63(77)43-26-12-4-13-27-43)96-70-59(94-67(81)47-34-20-8-21-35-47)53(91-65(79)45-30-16-6-17-31-45)51(90-64(78)44-28-14-5-15-29-44)49(88-70)38-84-62(76)42-24-10-3-11-25-42/h3-37,49-60,69-71,83H,38-39H2,1-2H3,(H,74,75)/t49-,50-,51+,52-,53+,54+,55+,56+,57+,58-,59-,60-,69-,70+,71+/m1/s1. The molecule has 3 heterocycles. The first-order valence-electron chi connectivity index (χ1n) is 30.2. The quantitative estimate of drug-likeness (QED) is 0.0496. The zero-order valence-corrected chi connectivity index (χ0v) is 51.5. The largest absolute Gasteiger partial charge is 0.479 e. The van der Waals surface area contributed by atoms with Crippen LogP contribution in [0.5, 0.6) is 0 Å². The summed E-state index contributed by atoms with van der Waals surface area (Å²) < 4.78 is 86.8. The fourth-order valence-electron chi connectivity index (χ4n) is 10.7. The summed E-state index contributed by atoms with van der Waals surface area (Å²) in [7, 11) is 0. The highest BCUT2D eigenvalue weighted by Crippen LogP contribution is 2.39. The molecule has 0 unspecified atom stereocenters. The lowest BCUT2D eigenvalue weighted by Gasteiger charge is -2.50. The average Bonchev–Trinajstić information content (AvgIpc) is 0.763. The third kappa shape index (κ3) is 17.5. The van der Waals surface area contributed by atoms with Crippen molar-refractivity contribution in [2.75, 3.05) is 13.2 Å². The number of aliphatic carboxylic acids is 1. The summed E-state index contributed by atoms with van der Waals surface area (Å²) in [5.41, 5.74) is -0.534. The van der Waals surface area contributed by atoms with Crippen LogP contribution in [0.4, 0.5) is 0 Å². The van der Waals surface area contributed by atoms with E-state index in [-0.39, 0.29) is 38.9 Å². The molecule has 3 saturated heterocycles. The fraction of sp³-hybridized carbons (Fsp3) is 0.268. The molecule has 7 aromatic carbocycles. The fourth-order valence-corrected chi connectivity index (χ4v) is 10.7. The Balaban J connectivity index is 1.18. The van der Waals surface area contributed by atoms with Gasteiger partial charge in [-0.2, -0.15) is 0 Å². The first kappa shape index (κ1) is 68.8. The third-order valence-corrected chi connectivity index (χ3v) is 15.2. The van der Waals surface area contributed by atoms with Crippen LogP contribution in [0.2, 0.25) is 0 Å². The topological polar surface area (TPSA) is 340 Å². The second-order valence-electron chi connectivity index (χ2n) is 21.8. The van der Waals surface area contributed by atoms with Gasteiger partial charge in [-0.15, -0.1) is 0 Å². The summed E-state index contributed by atoms with van der Waals surface area (Å²) in [6.45, 7) is -0.0836. The lowest BCUT2D eigenvalue weighted by molar-refractivity contribution is -0.374. The van der Waals surface area contributed by atoms with Crippen molar-refractivity contribution in [2.24, 2.45) is 0 Å². The number of carbonyl (C=O) groups excluding carboxylic acids is 9. The van der Waals surface area contributed by atoms with Gasteiger partial charge in [-0.1, -0.05) is 127 Å². The number of aliphatic hydroxyl groups is 1. The molecule has 502 valence electrons. The van der Waals surface area contributed by atoms with Gasteiger partial charge in [0.15, 0.2) is 67.7 Å². The summed E-state index contributed by atoms with van der Waals surface area (Å²) in [5.74, 6) is -11.8. The Labute approximate surface area is 552 Å². The molecule has 0 radical (unpaired) electrons. The maximum absolute atomic E-state index is 15.0. The SMILES string of the molecule is CC(=O)O[C@@H]1[C@@H](O[C@@H]2O[C@H](COC(=O)c3ccccc3)[C@@H](O[C@@H]3O[C@H](COC(=O)c4ccccc4)[C@H](OC(=O)c4ccccc4)[C@H](OC(=O)c4ccccc4)[C@H]3OC(=O)c3ccccc3)[C@H](OC(=O)c3ccccc3)[C@H]2OC(=O)c2ccccc2)[C@H](OC(C)=O)[C@@H](C(=O)O)O[C@H]1O. The van der Waals surface area contributed by atoms with Gasteiger partial charge in [0.05, 0.1) is 38.9 Å². The number of carbonyl (C=O) groups is 10. The van der Waals surface area contributed by atoms with Crippen LogP contribution in [0.3, 0.4) is 0 Å². The number of carboxylic acid groups (broad SMARTS) is 1. The van der Waals surface area contributed by atoms with Crippen LogP contribution in [0.15, 0.2) is 212 Å². The second-order valence-corrected chi connectivity index (χ2v) is 21.8. The van der Waals surface area contributed by atoms with Crippen LogP contribution in [0, 0.1) is 0 Å². The van der Waals surface area contributed by atoms with Crippen LogP contribution < -0.4 is 0 Å². The van der Waals surface area contributed by atoms with E-state index >= 15 is 0 Å². The average molecular weight is 1330 g/mol. The van der Waals surface area contributed by atoms with Crippen LogP contribution in [0.1, 0.15) is 86.4 Å². The van der Waals surface area contributed by atoms with Crippen molar-refractivity contribution in [3.8, 4) is 0 Å². The zero-order valence-electron chi connectivity index (χ0n) is 51.5. The van der Waals surface area contributed by atoms with Gasteiger partial charge in [0, 0.05) is 13.8 Å². The molecule has 0 saturated carbocycles. The van der Waals surface area contributed by atoms with E-state index in [0.29, 0.717) is 0 Å². The van der Waals surface area contributed by atoms with Gasteiger partial charge >= 0.3 is 59.7 Å². The molecule has 0 spiro atoms. The van der Waals surface area contributed by atoms with E-state index in [2.05, 4.69) is 0 Å². The minimum absolute atomic E-state index is 0.0230. The Morgan fingerprint density at radius 1 is 0.309 bits per heavy atom. The van der Waals surface area contributed by atoms with E-state index in [9.17, 15) is 58.2 Å². The minimum Gasteiger partial charge on any atom is -0.479 e. The normalized spacial score (nSPS) is 25.0. The van der Waals surface area contributed by atoms with Gasteiger partial charge < -0.3 is 76.5 Å². The highest BCUT2D eigenvalue weighted by molar-refractivity contribution is 5.93. The Morgan fingerprint density at radius 2 is 0.577 bits per heavy atom. The lowest BCUT2D eigenvalue weighted by atomic mass is 9.94. The minimum atomic E-state index is -2.38. The molecule has 3 aliphatic rings. The monoisotopic (exact) mass is 1330 g/mol. The third-order valence-electron chi connectivity index (χ3n) is 15.2. The molecule has 0 aliphatic carbocycles. The molecule has 10 rings (SSSR count). The van der Waals surface area contributed by atoms with E-state index in [1.54, 1.807) is 54.6 Å². The molecular formula is C71H62O26. The summed E-state index contributed by atoms with van der Waals surface area (Å²) >= 11 is 0. The lowest BCUT2D eigenvalue weighted by Crippen LogP contribution is -2.69. The van der Waals surface area contributed by atoms with Gasteiger partial charge in [-0.3, -0.25) is 9.59 Å². The van der Waals surface area contributed by atoms with Crippen LogP contribution in [0.25, 0.3) is 0 Å². The number of ether oxygens (including phenoxy) is 14. The molecule has 15 atom stereocenters. The predicted octanol–water partition coefficient (Wildman–Crippen LogP) is 6.71. The Bertz CT molecular complexity index is 3870. The van der Waals surface area contributed by atoms with Crippen molar-refractivity contribution < 1.29 is 124 Å². The predicted molar refractivity (Wildman–Crippen MR) is 328 cm³/mol. The Hall–Kier alpha value is -11.0. The van der Waals surface area contributed by atoms with E-state index in [1.807, 2.05) is 0 Å². The number of esters is 9. The Kier molecular flexibility index (Phi) is 23.0. The molecule has 2 N–H and O–H groups in total. The van der Waals surface area contributed by atoms with Gasteiger partial charge in [0.25, 0.3) is 0 Å². The number of benzene rings is 7. The highest BCUT2D eigenvalue weighted by Gasteiger charge is 2.61. The number of hydrogen-bond donors (Lipinski definition) is 2. The van der Waals surface area contributed by atoms with E-state index in [0.717, 1.165) is 13.8 Å². The van der Waals surface area contributed by atoms with Crippen LogP contribution in [-0.2, 0) is 80.7 Å². The summed E-state index contributed by atoms with van der Waals surface area (Å²) in [6, 6.07) is 51.7. The van der Waals surface area contributed by atoms with Crippen LogP contribution >= 0.6 is 0 Å². The molecule has 97 heavy (non-hydrogen) atoms. The first-order valence-corrected chi connectivity index (χ1v) is 30.2. The number of aliphatic hydroxyl groups excluding tert-OH is 1. The second kappa shape index (κ2) is 32.4. The van der Waals surface area contributed by atoms with Crippen molar-refractivity contribution in [1.29, 1.82) is 0 Å². The smallest absolute Gasteiger partial charge is 0.338 e. The van der Waals surface area contributed by atoms with Gasteiger partial charge in [0.1, 0.15) is 37.6 Å². The molecule has 3 fully saturated rings. The molecular weight excluding hydrogens is 1270 g/mol. The van der Waals surface area contributed by atoms with E-state index < -0.39 is 165 Å². The van der Waals surface area contributed by atoms with E-state index in [1.165, 1.54) is 158 Å². The molecule has 3 aliphatic heterocycles. The van der Waals surface area contributed by atoms with Gasteiger partial charge in [-0.05, 0) is 84.9 Å². The summed E-state index contributed by atoms with van der Waals surface area (Å²) in [6.07, 6.45) is -32.6.